The molecule has 0 aliphatic rings. The van der Waals surface area contributed by atoms with E-state index in [4.69, 9.17) is 0 Å². The van der Waals surface area contributed by atoms with Crippen LogP contribution in [0.1, 0.15) is 10.4 Å². The lowest BCUT2D eigenvalue weighted by Crippen LogP contribution is -2.01. The van der Waals surface area contributed by atoms with Crippen molar-refractivity contribution in [2.24, 2.45) is 0 Å². The van der Waals surface area contributed by atoms with Gasteiger partial charge in [-0.2, -0.15) is 0 Å². The average molecular weight is 226 g/mol. The first-order valence-electron chi connectivity index (χ1n) is 4.30. The first-order chi connectivity index (χ1) is 7.54. The van der Waals surface area contributed by atoms with E-state index in [0.29, 0.717) is 6.07 Å². The van der Waals surface area contributed by atoms with Crippen molar-refractivity contribution in [3.8, 4) is 0 Å². The van der Waals surface area contributed by atoms with Crippen molar-refractivity contribution in [3.63, 3.8) is 0 Å². The Kier molecular flexibility index (Phi) is 3.88. The standard InChI is InChI=1S/C11H8F2O3/c1-16-11(15)5-4-10(14)8-3-2-7(12)6-9(8)13/h2-6H,1H3/b5-4+. The van der Waals surface area contributed by atoms with Gasteiger partial charge in [0.05, 0.1) is 12.7 Å². The number of benzene rings is 1. The molecule has 0 spiro atoms. The summed E-state index contributed by atoms with van der Waals surface area (Å²) in [5, 5.41) is 0. The predicted octanol–water partition coefficient (Wildman–Crippen LogP) is 1.88. The number of hydrogen-bond donors (Lipinski definition) is 0. The largest absolute Gasteiger partial charge is 0.466 e. The van der Waals surface area contributed by atoms with E-state index >= 15 is 0 Å². The van der Waals surface area contributed by atoms with Crippen molar-refractivity contribution in [3.05, 3.63) is 47.5 Å². The van der Waals surface area contributed by atoms with Crippen LogP contribution >= 0.6 is 0 Å². The second-order valence-electron chi connectivity index (χ2n) is 2.84. The van der Waals surface area contributed by atoms with Gasteiger partial charge in [0.25, 0.3) is 0 Å². The molecule has 0 saturated heterocycles. The minimum atomic E-state index is -0.973. The molecule has 1 aromatic carbocycles. The number of carbonyl (C=O) groups is 2. The molecule has 3 nitrogen and oxygen atoms in total. The van der Waals surface area contributed by atoms with E-state index < -0.39 is 23.4 Å². The third-order valence-corrected chi connectivity index (χ3v) is 1.77. The van der Waals surface area contributed by atoms with Crippen LogP contribution in [0.5, 0.6) is 0 Å². The topological polar surface area (TPSA) is 43.4 Å². The molecule has 0 N–H and O–H groups in total. The van der Waals surface area contributed by atoms with Gasteiger partial charge in [-0.3, -0.25) is 4.79 Å². The second kappa shape index (κ2) is 5.16. The van der Waals surface area contributed by atoms with Crippen LogP contribution in [0.3, 0.4) is 0 Å². The molecule has 0 saturated carbocycles. The number of ketones is 1. The number of methoxy groups -OCH3 is 1. The summed E-state index contributed by atoms with van der Waals surface area (Å²) in [6.07, 6.45) is 1.73. The summed E-state index contributed by atoms with van der Waals surface area (Å²) in [6.45, 7) is 0. The summed E-state index contributed by atoms with van der Waals surface area (Å²) < 4.78 is 29.9. The van der Waals surface area contributed by atoms with Crippen LogP contribution < -0.4 is 0 Å². The number of allylic oxidation sites excluding steroid dienone is 1. The highest BCUT2D eigenvalue weighted by Gasteiger charge is 2.09. The summed E-state index contributed by atoms with van der Waals surface area (Å²) in [7, 11) is 1.15. The van der Waals surface area contributed by atoms with Crippen LogP contribution in [-0.4, -0.2) is 18.9 Å². The van der Waals surface area contributed by atoms with Gasteiger partial charge >= 0.3 is 5.97 Å². The van der Waals surface area contributed by atoms with Gasteiger partial charge < -0.3 is 4.74 Å². The molecule has 0 unspecified atom stereocenters. The third-order valence-electron chi connectivity index (χ3n) is 1.77. The minimum Gasteiger partial charge on any atom is -0.466 e. The number of hydrogen-bond acceptors (Lipinski definition) is 3. The maximum Gasteiger partial charge on any atom is 0.330 e. The Bertz CT molecular complexity index is 453. The summed E-state index contributed by atoms with van der Waals surface area (Å²) in [5.41, 5.74) is -0.304. The number of carbonyl (C=O) groups excluding carboxylic acids is 2. The lowest BCUT2D eigenvalue weighted by Gasteiger charge is -1.98. The Morgan fingerprint density at radius 1 is 1.25 bits per heavy atom. The van der Waals surface area contributed by atoms with Crippen molar-refractivity contribution in [1.82, 2.24) is 0 Å². The highest BCUT2D eigenvalue weighted by Crippen LogP contribution is 2.10. The molecule has 0 bridgehead atoms. The van der Waals surface area contributed by atoms with Gasteiger partial charge in [-0.05, 0) is 18.2 Å². The minimum absolute atomic E-state index is 0.304. The van der Waals surface area contributed by atoms with Gasteiger partial charge in [0.2, 0.25) is 0 Å². The number of esters is 1. The van der Waals surface area contributed by atoms with E-state index in [0.717, 1.165) is 31.4 Å². The summed E-state index contributed by atoms with van der Waals surface area (Å²) in [4.78, 5) is 22.0. The van der Waals surface area contributed by atoms with Gasteiger partial charge in [-0.25, -0.2) is 13.6 Å². The molecule has 5 heteroatoms. The zero-order valence-corrected chi connectivity index (χ0v) is 8.37. The molecular formula is C11H8F2O3. The highest BCUT2D eigenvalue weighted by molar-refractivity contribution is 6.07. The number of halogens is 2. The Balaban J connectivity index is 2.89. The van der Waals surface area contributed by atoms with E-state index in [-0.39, 0.29) is 5.56 Å². The molecule has 0 amide bonds. The molecule has 0 heterocycles. The summed E-state index contributed by atoms with van der Waals surface area (Å²) >= 11 is 0. The molecular weight excluding hydrogens is 218 g/mol. The maximum atomic E-state index is 13.1. The Morgan fingerprint density at radius 2 is 1.94 bits per heavy atom. The van der Waals surface area contributed by atoms with Gasteiger partial charge in [0.1, 0.15) is 11.6 Å². The molecule has 1 aromatic rings. The molecule has 1 rings (SSSR count). The first kappa shape index (κ1) is 12.0. The van der Waals surface area contributed by atoms with Gasteiger partial charge in [-0.1, -0.05) is 0 Å². The van der Waals surface area contributed by atoms with E-state index in [9.17, 15) is 18.4 Å². The quantitative estimate of drug-likeness (QED) is 0.449. The van der Waals surface area contributed by atoms with E-state index in [1.54, 1.807) is 0 Å². The molecule has 84 valence electrons. The lowest BCUT2D eigenvalue weighted by atomic mass is 10.1. The zero-order valence-electron chi connectivity index (χ0n) is 8.37. The van der Waals surface area contributed by atoms with Crippen molar-refractivity contribution in [2.75, 3.05) is 7.11 Å². The van der Waals surface area contributed by atoms with Crippen LogP contribution in [0.15, 0.2) is 30.4 Å². The number of ether oxygens (including phenoxy) is 1. The lowest BCUT2D eigenvalue weighted by molar-refractivity contribution is -0.134. The predicted molar refractivity (Wildman–Crippen MR) is 51.8 cm³/mol. The fraction of sp³-hybridized carbons (Fsp3) is 0.0909. The number of rotatable bonds is 3. The normalized spacial score (nSPS) is 10.4. The van der Waals surface area contributed by atoms with E-state index in [1.807, 2.05) is 0 Å². The van der Waals surface area contributed by atoms with Gasteiger partial charge in [0.15, 0.2) is 5.78 Å². The van der Waals surface area contributed by atoms with Crippen LogP contribution in [0.25, 0.3) is 0 Å². The van der Waals surface area contributed by atoms with Crippen LogP contribution in [0.4, 0.5) is 8.78 Å². The Morgan fingerprint density at radius 3 is 2.50 bits per heavy atom. The third kappa shape index (κ3) is 2.98. The van der Waals surface area contributed by atoms with E-state index in [1.165, 1.54) is 0 Å². The molecule has 0 atom stereocenters. The first-order valence-corrected chi connectivity index (χ1v) is 4.30. The SMILES string of the molecule is COC(=O)/C=C/C(=O)c1ccc(F)cc1F. The molecule has 16 heavy (non-hydrogen) atoms. The van der Waals surface area contributed by atoms with Crippen molar-refractivity contribution in [1.29, 1.82) is 0 Å². The van der Waals surface area contributed by atoms with Crippen molar-refractivity contribution >= 4 is 11.8 Å². The summed E-state index contributed by atoms with van der Waals surface area (Å²) in [5.74, 6) is -3.20. The highest BCUT2D eigenvalue weighted by atomic mass is 19.1. The summed E-state index contributed by atoms with van der Waals surface area (Å²) in [6, 6.07) is 2.57. The monoisotopic (exact) mass is 226 g/mol. The van der Waals surface area contributed by atoms with Gasteiger partial charge in [-0.15, -0.1) is 0 Å². The fourth-order valence-electron chi connectivity index (χ4n) is 0.991. The average Bonchev–Trinajstić information content (AvgIpc) is 2.25. The molecule has 0 fully saturated rings. The van der Waals surface area contributed by atoms with Crippen molar-refractivity contribution in [2.45, 2.75) is 0 Å². The van der Waals surface area contributed by atoms with Crippen molar-refractivity contribution < 1.29 is 23.1 Å². The van der Waals surface area contributed by atoms with Crippen LogP contribution in [0.2, 0.25) is 0 Å². The Hall–Kier alpha value is -2.04. The molecule has 0 aliphatic carbocycles. The Labute approximate surface area is 90.3 Å². The molecule has 0 radical (unpaired) electrons. The fourth-order valence-corrected chi connectivity index (χ4v) is 0.991. The van der Waals surface area contributed by atoms with Crippen LogP contribution in [-0.2, 0) is 9.53 Å². The second-order valence-corrected chi connectivity index (χ2v) is 2.84. The molecule has 0 aliphatic heterocycles. The van der Waals surface area contributed by atoms with E-state index in [2.05, 4.69) is 4.74 Å². The van der Waals surface area contributed by atoms with Gasteiger partial charge in [0, 0.05) is 12.1 Å². The molecule has 0 aromatic heterocycles. The smallest absolute Gasteiger partial charge is 0.330 e. The van der Waals surface area contributed by atoms with Crippen LogP contribution in [0, 0.1) is 11.6 Å². The zero-order chi connectivity index (χ0) is 12.1. The maximum absolute atomic E-state index is 13.1.